The van der Waals surface area contributed by atoms with E-state index in [0.29, 0.717) is 6.42 Å². The minimum Gasteiger partial charge on any atom is -0.356 e. The maximum atomic E-state index is 10.9. The van der Waals surface area contributed by atoms with Gasteiger partial charge in [0, 0.05) is 25.7 Å². The molecule has 1 aliphatic rings. The van der Waals surface area contributed by atoms with Crippen molar-refractivity contribution in [2.45, 2.75) is 19.8 Å². The van der Waals surface area contributed by atoms with Crippen LogP contribution in [0.2, 0.25) is 0 Å². The van der Waals surface area contributed by atoms with Crippen molar-refractivity contribution in [1.29, 1.82) is 0 Å². The van der Waals surface area contributed by atoms with E-state index >= 15 is 0 Å². The van der Waals surface area contributed by atoms with Crippen molar-refractivity contribution in [3.05, 3.63) is 23.9 Å². The molecule has 0 N–H and O–H groups in total. The van der Waals surface area contributed by atoms with Gasteiger partial charge in [-0.3, -0.25) is 4.79 Å². The van der Waals surface area contributed by atoms with Crippen LogP contribution in [0.3, 0.4) is 0 Å². The lowest BCUT2D eigenvalue weighted by atomic mass is 10.1. The molecule has 2 rings (SSSR count). The summed E-state index contributed by atoms with van der Waals surface area (Å²) in [6.45, 7) is 3.82. The number of hydrogen-bond acceptors (Lipinski definition) is 3. The highest BCUT2D eigenvalue weighted by Crippen LogP contribution is 2.17. The number of Topliss-reactive ketones (excluding diaryl/α,β-unsaturated/α-hetero) is 1. The maximum Gasteiger partial charge on any atom is 0.134 e. The second-order valence-corrected chi connectivity index (χ2v) is 3.74. The fourth-order valence-corrected chi connectivity index (χ4v) is 1.54. The van der Waals surface area contributed by atoms with Crippen LogP contribution in [-0.4, -0.2) is 23.9 Å². The summed E-state index contributed by atoms with van der Waals surface area (Å²) in [6.07, 6.45) is 3.55. The first-order valence-electron chi connectivity index (χ1n) is 4.95. The Morgan fingerprint density at radius 1 is 1.50 bits per heavy atom. The molecule has 0 bridgehead atoms. The van der Waals surface area contributed by atoms with Gasteiger partial charge >= 0.3 is 0 Å². The zero-order valence-electron chi connectivity index (χ0n) is 8.36. The van der Waals surface area contributed by atoms with Crippen LogP contribution >= 0.6 is 0 Å². The Bertz CT molecular complexity index is 328. The van der Waals surface area contributed by atoms with Gasteiger partial charge in [0.25, 0.3) is 0 Å². The van der Waals surface area contributed by atoms with Crippen molar-refractivity contribution in [3.8, 4) is 0 Å². The second kappa shape index (κ2) is 3.78. The van der Waals surface area contributed by atoms with Gasteiger partial charge in [-0.05, 0) is 25.0 Å². The predicted octanol–water partition coefficient (Wildman–Crippen LogP) is 1.42. The Balaban J connectivity index is 2.05. The Labute approximate surface area is 83.8 Å². The van der Waals surface area contributed by atoms with Crippen molar-refractivity contribution in [1.82, 2.24) is 4.98 Å². The van der Waals surface area contributed by atoms with Gasteiger partial charge < -0.3 is 4.90 Å². The highest BCUT2D eigenvalue weighted by Gasteiger charge is 2.14. The highest BCUT2D eigenvalue weighted by molar-refractivity contribution is 5.78. The van der Waals surface area contributed by atoms with Crippen LogP contribution in [0.1, 0.15) is 18.9 Å². The van der Waals surface area contributed by atoms with Crippen molar-refractivity contribution in [2.24, 2.45) is 0 Å². The first-order valence-corrected chi connectivity index (χ1v) is 4.95. The van der Waals surface area contributed by atoms with Gasteiger partial charge in [-0.1, -0.05) is 6.07 Å². The summed E-state index contributed by atoms with van der Waals surface area (Å²) in [5, 5.41) is 0. The molecule has 3 nitrogen and oxygen atoms in total. The zero-order chi connectivity index (χ0) is 9.97. The number of rotatable bonds is 3. The number of hydrogen-bond donors (Lipinski definition) is 0. The van der Waals surface area contributed by atoms with E-state index in [1.807, 2.05) is 12.1 Å². The number of carbonyl (C=O) groups is 1. The fourth-order valence-electron chi connectivity index (χ4n) is 1.54. The standard InChI is InChI=1S/C11H14N2O/c1-9(14)7-10-3-4-11(12-8-10)13-5-2-6-13/h3-4,8H,2,5-7H2,1H3. The first-order chi connectivity index (χ1) is 6.75. The Morgan fingerprint density at radius 2 is 2.29 bits per heavy atom. The third-order valence-corrected chi connectivity index (χ3v) is 2.44. The molecule has 0 radical (unpaired) electrons. The molecule has 1 aliphatic heterocycles. The highest BCUT2D eigenvalue weighted by atomic mass is 16.1. The average Bonchev–Trinajstić information content (AvgIpc) is 2.04. The quantitative estimate of drug-likeness (QED) is 0.722. The number of aromatic nitrogens is 1. The summed E-state index contributed by atoms with van der Waals surface area (Å²) in [5.41, 5.74) is 1.00. The zero-order valence-corrected chi connectivity index (χ0v) is 8.36. The molecule has 3 heteroatoms. The molecule has 74 valence electrons. The molecule has 0 aliphatic carbocycles. The number of nitrogens with zero attached hydrogens (tertiary/aromatic N) is 2. The molecule has 1 aromatic heterocycles. The summed E-state index contributed by atoms with van der Waals surface area (Å²) >= 11 is 0. The number of carbonyl (C=O) groups excluding carboxylic acids is 1. The maximum absolute atomic E-state index is 10.9. The van der Waals surface area contributed by atoms with Crippen LogP contribution in [-0.2, 0) is 11.2 Å². The van der Waals surface area contributed by atoms with Crippen molar-refractivity contribution in [3.63, 3.8) is 0 Å². The Kier molecular flexibility index (Phi) is 2.48. The lowest BCUT2D eigenvalue weighted by Crippen LogP contribution is -2.37. The molecule has 1 fully saturated rings. The molecule has 0 unspecified atom stereocenters. The first kappa shape index (κ1) is 9.19. The van der Waals surface area contributed by atoms with Gasteiger partial charge in [0.05, 0.1) is 0 Å². The van der Waals surface area contributed by atoms with E-state index in [1.165, 1.54) is 6.42 Å². The molecule has 14 heavy (non-hydrogen) atoms. The summed E-state index contributed by atoms with van der Waals surface area (Å²) in [5.74, 6) is 1.21. The van der Waals surface area contributed by atoms with Crippen molar-refractivity contribution in [2.75, 3.05) is 18.0 Å². The second-order valence-electron chi connectivity index (χ2n) is 3.74. The Morgan fingerprint density at radius 3 is 2.71 bits per heavy atom. The monoisotopic (exact) mass is 190 g/mol. The van der Waals surface area contributed by atoms with Gasteiger partial charge in [0.1, 0.15) is 11.6 Å². The molecule has 0 amide bonds. The largest absolute Gasteiger partial charge is 0.356 e. The molecule has 0 spiro atoms. The van der Waals surface area contributed by atoms with Crippen LogP contribution in [0, 0.1) is 0 Å². The van der Waals surface area contributed by atoms with Gasteiger partial charge in [-0.25, -0.2) is 4.98 Å². The van der Waals surface area contributed by atoms with E-state index in [1.54, 1.807) is 13.1 Å². The van der Waals surface area contributed by atoms with E-state index in [2.05, 4.69) is 9.88 Å². The molecule has 2 heterocycles. The number of pyridine rings is 1. The molecule has 1 saturated heterocycles. The van der Waals surface area contributed by atoms with E-state index < -0.39 is 0 Å². The van der Waals surface area contributed by atoms with E-state index in [9.17, 15) is 4.79 Å². The van der Waals surface area contributed by atoms with Gasteiger partial charge in [-0.15, -0.1) is 0 Å². The smallest absolute Gasteiger partial charge is 0.134 e. The third kappa shape index (κ3) is 1.92. The fraction of sp³-hybridized carbons (Fsp3) is 0.455. The van der Waals surface area contributed by atoms with Crippen LogP contribution in [0.15, 0.2) is 18.3 Å². The van der Waals surface area contributed by atoms with Crippen molar-refractivity contribution < 1.29 is 4.79 Å². The topological polar surface area (TPSA) is 33.2 Å². The van der Waals surface area contributed by atoms with Gasteiger partial charge in [0.2, 0.25) is 0 Å². The van der Waals surface area contributed by atoms with Gasteiger partial charge in [-0.2, -0.15) is 0 Å². The van der Waals surface area contributed by atoms with Crippen LogP contribution in [0.4, 0.5) is 5.82 Å². The molecular formula is C11H14N2O. The predicted molar refractivity (Wildman–Crippen MR) is 55.5 cm³/mol. The molecule has 0 atom stereocenters. The number of anilines is 1. The molecule has 1 aromatic rings. The number of ketones is 1. The van der Waals surface area contributed by atoms with E-state index in [0.717, 1.165) is 24.5 Å². The van der Waals surface area contributed by atoms with Crippen LogP contribution in [0.25, 0.3) is 0 Å². The minimum absolute atomic E-state index is 0.184. The summed E-state index contributed by atoms with van der Waals surface area (Å²) in [7, 11) is 0. The van der Waals surface area contributed by atoms with Crippen molar-refractivity contribution >= 4 is 11.6 Å². The lowest BCUT2D eigenvalue weighted by molar-refractivity contribution is -0.116. The molecule has 0 aromatic carbocycles. The van der Waals surface area contributed by atoms with Crippen LogP contribution < -0.4 is 4.90 Å². The summed E-state index contributed by atoms with van der Waals surface area (Å²) in [4.78, 5) is 17.4. The summed E-state index contributed by atoms with van der Waals surface area (Å²) in [6, 6.07) is 3.99. The normalized spacial score (nSPS) is 15.1. The SMILES string of the molecule is CC(=O)Cc1ccc(N2CCC2)nc1. The molecule has 0 saturated carbocycles. The Hall–Kier alpha value is -1.38. The van der Waals surface area contributed by atoms with E-state index in [4.69, 9.17) is 0 Å². The third-order valence-electron chi connectivity index (χ3n) is 2.44. The summed E-state index contributed by atoms with van der Waals surface area (Å²) < 4.78 is 0. The van der Waals surface area contributed by atoms with Gasteiger partial charge in [0.15, 0.2) is 0 Å². The molecular weight excluding hydrogens is 176 g/mol. The minimum atomic E-state index is 0.184. The van der Waals surface area contributed by atoms with E-state index in [-0.39, 0.29) is 5.78 Å². The average molecular weight is 190 g/mol. The lowest BCUT2D eigenvalue weighted by Gasteiger charge is -2.31. The van der Waals surface area contributed by atoms with Crippen LogP contribution in [0.5, 0.6) is 0 Å².